The zero-order valence-corrected chi connectivity index (χ0v) is 14.2. The van der Waals surface area contributed by atoms with E-state index in [1.54, 1.807) is 10.9 Å². The molecule has 0 saturated heterocycles. The van der Waals surface area contributed by atoms with Crippen LogP contribution >= 0.6 is 0 Å². The second kappa shape index (κ2) is 6.86. The molecule has 2 aromatic heterocycles. The quantitative estimate of drug-likeness (QED) is 0.419. The Kier molecular flexibility index (Phi) is 4.62. The van der Waals surface area contributed by atoms with E-state index in [1.165, 1.54) is 17.6 Å². The molecule has 0 aliphatic heterocycles. The number of aromatic nitrogens is 4. The zero-order chi connectivity index (χ0) is 18.0. The van der Waals surface area contributed by atoms with E-state index >= 15 is 0 Å². The maximum absolute atomic E-state index is 11.1. The van der Waals surface area contributed by atoms with Crippen molar-refractivity contribution in [2.75, 3.05) is 0 Å². The molecule has 1 aromatic carbocycles. The maximum atomic E-state index is 11.1. The third kappa shape index (κ3) is 3.58. The van der Waals surface area contributed by atoms with Crippen LogP contribution in [0.5, 0.6) is 0 Å². The summed E-state index contributed by atoms with van der Waals surface area (Å²) < 4.78 is 7.60. The van der Waals surface area contributed by atoms with E-state index in [4.69, 9.17) is 9.62 Å². The predicted molar refractivity (Wildman–Crippen MR) is 90.7 cm³/mol. The summed E-state index contributed by atoms with van der Waals surface area (Å²) >= 11 is 0. The van der Waals surface area contributed by atoms with Crippen molar-refractivity contribution in [1.82, 2.24) is 25.5 Å². The molecule has 1 unspecified atom stereocenters. The molecule has 1 amide bonds. The largest absolute Gasteiger partial charge is 0.438 e. The fourth-order valence-corrected chi connectivity index (χ4v) is 2.58. The van der Waals surface area contributed by atoms with E-state index in [-0.39, 0.29) is 12.0 Å². The molecule has 0 bridgehead atoms. The van der Waals surface area contributed by atoms with E-state index in [9.17, 15) is 4.79 Å². The predicted octanol–water partition coefficient (Wildman–Crippen LogP) is 2.49. The average molecular weight is 341 g/mol. The normalized spacial score (nSPS) is 13.0. The topological polar surface area (TPSA) is 106 Å². The summed E-state index contributed by atoms with van der Waals surface area (Å²) in [6.45, 7) is 6.09. The lowest BCUT2D eigenvalue weighted by Crippen LogP contribution is -2.17. The second-order valence-electron chi connectivity index (χ2n) is 6.14. The summed E-state index contributed by atoms with van der Waals surface area (Å²) in [4.78, 5) is 15.6. The summed E-state index contributed by atoms with van der Waals surface area (Å²) in [5.41, 5.74) is 4.65. The fraction of sp³-hybridized carbons (Fsp3) is 0.294. The van der Waals surface area contributed by atoms with Gasteiger partial charge in [-0.2, -0.15) is 0 Å². The van der Waals surface area contributed by atoms with Crippen LogP contribution < -0.4 is 5.48 Å². The van der Waals surface area contributed by atoms with Crippen molar-refractivity contribution in [3.05, 3.63) is 47.6 Å². The molecule has 2 N–H and O–H groups in total. The summed E-state index contributed by atoms with van der Waals surface area (Å²) in [5.74, 6) is 0.0850. The lowest BCUT2D eigenvalue weighted by atomic mass is 10.0. The summed E-state index contributed by atoms with van der Waals surface area (Å²) in [6.07, 6.45) is 4.33. The number of fused-ring (bicyclic) bond motifs is 1. The maximum Gasteiger partial charge on any atom is 0.267 e. The molecule has 130 valence electrons. The number of carbonyl (C=O) groups excluding carboxylic acids is 1. The van der Waals surface area contributed by atoms with Crippen LogP contribution in [-0.4, -0.2) is 31.1 Å². The molecule has 2 heterocycles. The van der Waals surface area contributed by atoms with Gasteiger partial charge in [0.1, 0.15) is 17.3 Å². The van der Waals surface area contributed by atoms with Gasteiger partial charge in [0.25, 0.3) is 5.91 Å². The molecule has 1 atom stereocenters. The minimum atomic E-state index is -0.635. The van der Waals surface area contributed by atoms with Gasteiger partial charge in [0.2, 0.25) is 5.89 Å². The molecular weight excluding hydrogens is 322 g/mol. The Morgan fingerprint density at radius 2 is 2.20 bits per heavy atom. The van der Waals surface area contributed by atoms with Gasteiger partial charge in [0.15, 0.2) is 5.58 Å². The highest BCUT2D eigenvalue weighted by molar-refractivity contribution is 5.90. The van der Waals surface area contributed by atoms with Gasteiger partial charge in [0, 0.05) is 6.08 Å². The molecule has 8 nitrogen and oxygen atoms in total. The molecule has 3 aromatic rings. The van der Waals surface area contributed by atoms with Gasteiger partial charge in [0.05, 0.1) is 6.20 Å². The number of rotatable bonds is 5. The third-order valence-corrected chi connectivity index (χ3v) is 3.77. The highest BCUT2D eigenvalue weighted by atomic mass is 16.5. The van der Waals surface area contributed by atoms with Crippen LogP contribution in [0.1, 0.15) is 37.0 Å². The van der Waals surface area contributed by atoms with Crippen LogP contribution in [0.15, 0.2) is 34.9 Å². The fourth-order valence-electron chi connectivity index (χ4n) is 2.58. The van der Waals surface area contributed by atoms with Crippen molar-refractivity contribution in [2.24, 2.45) is 5.92 Å². The summed E-state index contributed by atoms with van der Waals surface area (Å²) in [5, 5.41) is 16.6. The number of hydrogen-bond donors (Lipinski definition) is 2. The highest BCUT2D eigenvalue weighted by Crippen LogP contribution is 2.28. The molecule has 0 radical (unpaired) electrons. The van der Waals surface area contributed by atoms with Crippen LogP contribution in [0.2, 0.25) is 0 Å². The van der Waals surface area contributed by atoms with Crippen molar-refractivity contribution < 1.29 is 14.4 Å². The molecular formula is C17H19N5O3. The SMILES string of the molecule is Cc1ccc2nc(C(C(C)C)n3cc(C=CC(=O)NO)nn3)oc2c1. The number of hydroxylamine groups is 1. The van der Waals surface area contributed by atoms with Crippen molar-refractivity contribution in [3.63, 3.8) is 0 Å². The lowest BCUT2D eigenvalue weighted by Gasteiger charge is -2.16. The van der Waals surface area contributed by atoms with Gasteiger partial charge in [-0.3, -0.25) is 10.0 Å². The Bertz CT molecular complexity index is 925. The molecule has 0 aliphatic rings. The average Bonchev–Trinajstić information content (AvgIpc) is 3.19. The van der Waals surface area contributed by atoms with Gasteiger partial charge >= 0.3 is 0 Å². The highest BCUT2D eigenvalue weighted by Gasteiger charge is 2.25. The molecule has 25 heavy (non-hydrogen) atoms. The van der Waals surface area contributed by atoms with Crippen LogP contribution in [-0.2, 0) is 4.79 Å². The van der Waals surface area contributed by atoms with E-state index < -0.39 is 5.91 Å². The number of oxazole rings is 1. The molecule has 0 aliphatic carbocycles. The Hall–Kier alpha value is -3.00. The van der Waals surface area contributed by atoms with Crippen LogP contribution in [0.3, 0.4) is 0 Å². The minimum Gasteiger partial charge on any atom is -0.438 e. The number of hydrogen-bond acceptors (Lipinski definition) is 6. The van der Waals surface area contributed by atoms with Crippen molar-refractivity contribution in [2.45, 2.75) is 26.8 Å². The minimum absolute atomic E-state index is 0.161. The van der Waals surface area contributed by atoms with E-state index in [0.717, 1.165) is 16.7 Å². The van der Waals surface area contributed by atoms with Crippen molar-refractivity contribution in [3.8, 4) is 0 Å². The molecule has 3 rings (SSSR count). The number of benzene rings is 1. The Morgan fingerprint density at radius 1 is 1.40 bits per heavy atom. The zero-order valence-electron chi connectivity index (χ0n) is 14.2. The summed E-state index contributed by atoms with van der Waals surface area (Å²) in [6, 6.07) is 5.64. The van der Waals surface area contributed by atoms with Gasteiger partial charge in [-0.15, -0.1) is 5.10 Å². The Morgan fingerprint density at radius 3 is 2.92 bits per heavy atom. The number of carbonyl (C=O) groups is 1. The molecule has 0 fully saturated rings. The van der Waals surface area contributed by atoms with Gasteiger partial charge < -0.3 is 4.42 Å². The standard InChI is InChI=1S/C17H19N5O3/c1-10(2)16(17-18-13-6-4-11(3)8-14(13)25-17)22-9-12(19-21-22)5-7-15(23)20-24/h4-10,16,24H,1-3H3,(H,20,23). The van der Waals surface area contributed by atoms with Gasteiger partial charge in [-0.25, -0.2) is 15.1 Å². The first-order chi connectivity index (χ1) is 12.0. The van der Waals surface area contributed by atoms with Crippen molar-refractivity contribution >= 4 is 23.1 Å². The smallest absolute Gasteiger partial charge is 0.267 e. The van der Waals surface area contributed by atoms with Crippen LogP contribution in [0.4, 0.5) is 0 Å². The first-order valence-electron chi connectivity index (χ1n) is 7.89. The molecule has 0 spiro atoms. The van der Waals surface area contributed by atoms with Gasteiger partial charge in [-0.1, -0.05) is 25.1 Å². The first-order valence-corrected chi connectivity index (χ1v) is 7.89. The molecule has 8 heteroatoms. The summed E-state index contributed by atoms with van der Waals surface area (Å²) in [7, 11) is 0. The number of nitrogens with zero attached hydrogens (tertiary/aromatic N) is 4. The number of amides is 1. The van der Waals surface area contributed by atoms with E-state index in [0.29, 0.717) is 11.6 Å². The monoisotopic (exact) mass is 341 g/mol. The molecule has 0 saturated carbocycles. The van der Waals surface area contributed by atoms with Gasteiger partial charge in [-0.05, 0) is 36.6 Å². The number of aryl methyl sites for hydroxylation is 1. The van der Waals surface area contributed by atoms with Crippen molar-refractivity contribution in [1.29, 1.82) is 0 Å². The van der Waals surface area contributed by atoms with E-state index in [1.807, 2.05) is 39.0 Å². The third-order valence-electron chi connectivity index (χ3n) is 3.77. The Labute approximate surface area is 144 Å². The van der Waals surface area contributed by atoms with Crippen LogP contribution in [0.25, 0.3) is 17.2 Å². The second-order valence-corrected chi connectivity index (χ2v) is 6.14. The lowest BCUT2D eigenvalue weighted by molar-refractivity contribution is -0.124. The van der Waals surface area contributed by atoms with E-state index in [2.05, 4.69) is 15.3 Å². The van der Waals surface area contributed by atoms with Crippen LogP contribution in [0, 0.1) is 12.8 Å². The number of nitrogens with one attached hydrogen (secondary N) is 1. The Balaban J connectivity index is 1.94. The first kappa shape index (κ1) is 16.8.